The molecule has 26 heavy (non-hydrogen) atoms. The summed E-state index contributed by atoms with van der Waals surface area (Å²) in [5, 5.41) is 6.72. The fourth-order valence-corrected chi connectivity index (χ4v) is 2.44. The topological polar surface area (TPSA) is 58.5 Å². The smallest absolute Gasteiger partial charge is 0.191 e. The van der Waals surface area contributed by atoms with Crippen molar-refractivity contribution in [1.29, 1.82) is 0 Å². The Balaban J connectivity index is 0.00000338. The van der Waals surface area contributed by atoms with Gasteiger partial charge < -0.3 is 15.4 Å². The van der Waals surface area contributed by atoms with Crippen molar-refractivity contribution in [3.05, 3.63) is 59.9 Å². The van der Waals surface area contributed by atoms with Crippen LogP contribution in [0.5, 0.6) is 5.75 Å². The van der Waals surface area contributed by atoms with Crippen LogP contribution in [0.1, 0.15) is 32.0 Å². The molecule has 0 atom stereocenters. The van der Waals surface area contributed by atoms with Crippen LogP contribution < -0.4 is 15.4 Å². The molecule has 142 valence electrons. The van der Waals surface area contributed by atoms with Gasteiger partial charge in [-0.15, -0.1) is 24.0 Å². The van der Waals surface area contributed by atoms with Crippen molar-refractivity contribution >= 4 is 29.9 Å². The molecule has 2 rings (SSSR count). The Labute approximate surface area is 173 Å². The second-order valence-electron chi connectivity index (χ2n) is 6.48. The maximum absolute atomic E-state index is 5.24. The molecule has 0 aliphatic carbocycles. The summed E-state index contributed by atoms with van der Waals surface area (Å²) in [6.45, 7) is 8.63. The van der Waals surface area contributed by atoms with Crippen LogP contribution in [0.4, 0.5) is 0 Å². The Morgan fingerprint density at radius 3 is 2.42 bits per heavy atom. The third kappa shape index (κ3) is 6.82. The van der Waals surface area contributed by atoms with E-state index in [0.29, 0.717) is 6.54 Å². The molecular weight excluding hydrogens is 439 g/mol. The van der Waals surface area contributed by atoms with Gasteiger partial charge >= 0.3 is 0 Å². The summed E-state index contributed by atoms with van der Waals surface area (Å²) >= 11 is 0. The van der Waals surface area contributed by atoms with Gasteiger partial charge in [0.1, 0.15) is 5.75 Å². The Bertz CT molecular complexity index is 672. The number of aromatic nitrogens is 1. The second kappa shape index (κ2) is 11.0. The third-order valence-corrected chi connectivity index (χ3v) is 4.04. The Hall–Kier alpha value is -1.83. The SMILES string of the molecule is CCNC(=NCc1ccccn1)NCC(C)(C)c1ccc(OC)cc1.I. The molecule has 0 aliphatic heterocycles. The van der Waals surface area contributed by atoms with Gasteiger partial charge in [0.25, 0.3) is 0 Å². The highest BCUT2D eigenvalue weighted by Crippen LogP contribution is 2.24. The van der Waals surface area contributed by atoms with Gasteiger partial charge in [0, 0.05) is 24.7 Å². The highest BCUT2D eigenvalue weighted by Gasteiger charge is 2.21. The molecule has 1 heterocycles. The average molecular weight is 468 g/mol. The van der Waals surface area contributed by atoms with Crippen LogP contribution in [0, 0.1) is 0 Å². The van der Waals surface area contributed by atoms with Crippen LogP contribution in [0.3, 0.4) is 0 Å². The first kappa shape index (κ1) is 22.2. The molecule has 2 N–H and O–H groups in total. The van der Waals surface area contributed by atoms with E-state index < -0.39 is 0 Å². The lowest BCUT2D eigenvalue weighted by atomic mass is 9.84. The summed E-state index contributed by atoms with van der Waals surface area (Å²) in [4.78, 5) is 8.93. The molecule has 0 bridgehead atoms. The Morgan fingerprint density at radius 1 is 1.12 bits per heavy atom. The van der Waals surface area contributed by atoms with E-state index in [-0.39, 0.29) is 29.4 Å². The minimum absolute atomic E-state index is 0. The lowest BCUT2D eigenvalue weighted by Gasteiger charge is -2.27. The summed E-state index contributed by atoms with van der Waals surface area (Å²) in [6.07, 6.45) is 1.79. The molecular formula is C20H29IN4O. The van der Waals surface area contributed by atoms with Crippen LogP contribution in [-0.2, 0) is 12.0 Å². The normalized spacial score (nSPS) is 11.5. The third-order valence-electron chi connectivity index (χ3n) is 4.04. The van der Waals surface area contributed by atoms with Crippen molar-refractivity contribution < 1.29 is 4.74 Å². The van der Waals surface area contributed by atoms with Gasteiger partial charge in [-0.3, -0.25) is 4.98 Å². The predicted octanol–water partition coefficient (Wildman–Crippen LogP) is 3.74. The van der Waals surface area contributed by atoms with Gasteiger partial charge in [0.15, 0.2) is 5.96 Å². The van der Waals surface area contributed by atoms with Crippen LogP contribution >= 0.6 is 24.0 Å². The summed E-state index contributed by atoms with van der Waals surface area (Å²) in [6, 6.07) is 14.1. The molecule has 6 heteroatoms. The number of aliphatic imine (C=N–C) groups is 1. The fraction of sp³-hybridized carbons (Fsp3) is 0.400. The highest BCUT2D eigenvalue weighted by molar-refractivity contribution is 14.0. The van der Waals surface area contributed by atoms with Crippen LogP contribution in [0.15, 0.2) is 53.7 Å². The standard InChI is InChI=1S/C20H28N4O.HI/c1-5-21-19(23-14-17-8-6-7-13-22-17)24-15-20(2,3)16-9-11-18(25-4)12-10-16;/h6-13H,5,14-15H2,1-4H3,(H2,21,23,24);1H. The van der Waals surface area contributed by atoms with E-state index in [1.54, 1.807) is 13.3 Å². The zero-order chi connectivity index (χ0) is 18.1. The zero-order valence-electron chi connectivity index (χ0n) is 16.0. The van der Waals surface area contributed by atoms with Crippen molar-refractivity contribution in [2.45, 2.75) is 32.7 Å². The number of hydrogen-bond acceptors (Lipinski definition) is 3. The van der Waals surface area contributed by atoms with Gasteiger partial charge in [-0.2, -0.15) is 0 Å². The van der Waals surface area contributed by atoms with Crippen LogP contribution in [-0.4, -0.2) is 31.1 Å². The molecule has 0 saturated carbocycles. The van der Waals surface area contributed by atoms with Crippen molar-refractivity contribution in [3.63, 3.8) is 0 Å². The fourth-order valence-electron chi connectivity index (χ4n) is 2.44. The number of guanidine groups is 1. The molecule has 0 saturated heterocycles. The predicted molar refractivity (Wildman–Crippen MR) is 118 cm³/mol. The number of nitrogens with one attached hydrogen (secondary N) is 2. The number of halogens is 1. The molecule has 0 fully saturated rings. The van der Waals surface area contributed by atoms with Crippen molar-refractivity contribution in [3.8, 4) is 5.75 Å². The minimum atomic E-state index is -0.0343. The van der Waals surface area contributed by atoms with Gasteiger partial charge in [-0.25, -0.2) is 4.99 Å². The van der Waals surface area contributed by atoms with E-state index in [1.807, 2.05) is 30.3 Å². The largest absolute Gasteiger partial charge is 0.497 e. The van der Waals surface area contributed by atoms with Crippen LogP contribution in [0.25, 0.3) is 0 Å². The minimum Gasteiger partial charge on any atom is -0.497 e. The van der Waals surface area contributed by atoms with Gasteiger partial charge in [-0.1, -0.05) is 32.0 Å². The first-order valence-electron chi connectivity index (χ1n) is 8.62. The number of ether oxygens (including phenoxy) is 1. The van der Waals surface area contributed by atoms with Crippen molar-refractivity contribution in [1.82, 2.24) is 15.6 Å². The number of nitrogens with zero attached hydrogens (tertiary/aromatic N) is 2. The first-order chi connectivity index (χ1) is 12.0. The zero-order valence-corrected chi connectivity index (χ0v) is 18.3. The van der Waals surface area contributed by atoms with Crippen molar-refractivity contribution in [2.75, 3.05) is 20.2 Å². The van der Waals surface area contributed by atoms with Gasteiger partial charge in [0.05, 0.1) is 19.3 Å². The highest BCUT2D eigenvalue weighted by atomic mass is 127. The van der Waals surface area contributed by atoms with Gasteiger partial charge in [-0.05, 0) is 36.8 Å². The molecule has 1 aromatic heterocycles. The molecule has 1 aromatic carbocycles. The molecule has 0 radical (unpaired) electrons. The van der Waals surface area contributed by atoms with E-state index in [9.17, 15) is 0 Å². The lowest BCUT2D eigenvalue weighted by Crippen LogP contribution is -2.43. The second-order valence-corrected chi connectivity index (χ2v) is 6.48. The molecule has 0 unspecified atom stereocenters. The van der Waals surface area contributed by atoms with Gasteiger partial charge in [0.2, 0.25) is 0 Å². The number of benzene rings is 1. The molecule has 2 aromatic rings. The first-order valence-corrected chi connectivity index (χ1v) is 8.62. The number of methoxy groups -OCH3 is 1. The number of hydrogen-bond donors (Lipinski definition) is 2. The van der Waals surface area contributed by atoms with E-state index in [4.69, 9.17) is 4.74 Å². The molecule has 0 aliphatic rings. The van der Waals surface area contributed by atoms with E-state index in [0.717, 1.165) is 30.5 Å². The van der Waals surface area contributed by atoms with Crippen molar-refractivity contribution in [2.24, 2.45) is 4.99 Å². The van der Waals surface area contributed by atoms with E-state index in [1.165, 1.54) is 5.56 Å². The quantitative estimate of drug-likeness (QED) is 0.369. The molecule has 0 amide bonds. The maximum Gasteiger partial charge on any atom is 0.191 e. The average Bonchev–Trinajstić information content (AvgIpc) is 2.65. The summed E-state index contributed by atoms with van der Waals surface area (Å²) < 4.78 is 5.24. The maximum atomic E-state index is 5.24. The number of rotatable bonds is 7. The van der Waals surface area contributed by atoms with Crippen LogP contribution in [0.2, 0.25) is 0 Å². The van der Waals surface area contributed by atoms with E-state index >= 15 is 0 Å². The lowest BCUT2D eigenvalue weighted by molar-refractivity contribution is 0.414. The monoisotopic (exact) mass is 468 g/mol. The summed E-state index contributed by atoms with van der Waals surface area (Å²) in [5.41, 5.74) is 2.17. The van der Waals surface area contributed by atoms with E-state index in [2.05, 4.69) is 53.5 Å². The Kier molecular flexibility index (Phi) is 9.40. The summed E-state index contributed by atoms with van der Waals surface area (Å²) in [7, 11) is 1.68. The summed E-state index contributed by atoms with van der Waals surface area (Å²) in [5.74, 6) is 1.67. The molecule has 5 nitrogen and oxygen atoms in total. The molecule has 0 spiro atoms. The number of pyridine rings is 1. The Morgan fingerprint density at radius 2 is 1.85 bits per heavy atom.